The predicted octanol–water partition coefficient (Wildman–Crippen LogP) is 1.07. The van der Waals surface area contributed by atoms with Gasteiger partial charge in [0.15, 0.2) is 5.65 Å². The average molecular weight is 440 g/mol. The van der Waals surface area contributed by atoms with Crippen LogP contribution in [0.5, 0.6) is 0 Å². The summed E-state index contributed by atoms with van der Waals surface area (Å²) in [6, 6.07) is 7.76. The molecule has 0 unspecified atom stereocenters. The molecule has 4 N–H and O–H groups in total. The molecule has 0 aliphatic carbocycles. The van der Waals surface area contributed by atoms with Crippen LogP contribution in [0.1, 0.15) is 11.9 Å². The molecule has 0 atom stereocenters. The van der Waals surface area contributed by atoms with Crippen molar-refractivity contribution in [2.24, 2.45) is 0 Å². The van der Waals surface area contributed by atoms with E-state index in [0.717, 1.165) is 18.8 Å². The van der Waals surface area contributed by atoms with Crippen molar-refractivity contribution in [2.75, 3.05) is 36.8 Å². The van der Waals surface area contributed by atoms with Crippen LogP contribution in [0.2, 0.25) is 5.02 Å². The van der Waals surface area contributed by atoms with Crippen LogP contribution in [0.3, 0.4) is 0 Å². The number of amides is 1. The summed E-state index contributed by atoms with van der Waals surface area (Å²) in [6.07, 6.45) is 4.74. The van der Waals surface area contributed by atoms with Crippen LogP contribution < -0.4 is 21.3 Å². The topological polar surface area (TPSA) is 117 Å². The Hall–Kier alpha value is -3.53. The molecule has 2 aromatic heterocycles. The number of carbonyl (C=O) groups is 1. The Bertz CT molecular complexity index is 1130. The maximum atomic E-state index is 13.0. The Balaban J connectivity index is 1.31. The molecule has 11 heteroatoms. The van der Waals surface area contributed by atoms with Gasteiger partial charge in [-0.2, -0.15) is 5.10 Å². The molecule has 1 amide bonds. The fourth-order valence-electron chi connectivity index (χ4n) is 3.96. The highest BCUT2D eigenvalue weighted by atomic mass is 35.5. The number of anilines is 2. The molecule has 1 fully saturated rings. The van der Waals surface area contributed by atoms with E-state index in [4.69, 9.17) is 17.3 Å². The van der Waals surface area contributed by atoms with E-state index in [-0.39, 0.29) is 18.6 Å². The van der Waals surface area contributed by atoms with Gasteiger partial charge in [-0.05, 0) is 24.3 Å². The highest BCUT2D eigenvalue weighted by Crippen LogP contribution is 2.26. The summed E-state index contributed by atoms with van der Waals surface area (Å²) in [4.78, 5) is 25.6. The fraction of sp³-hybridized carbons (Fsp3) is 0.300. The van der Waals surface area contributed by atoms with E-state index in [9.17, 15) is 4.79 Å². The number of rotatable bonds is 4. The standard InChI is InChI=1S/C20H22ClN9O/c21-13-1-3-14(4-2-13)28-7-9-29(10-8-28)15(31)11-30-20-16(18(22)25-12-26-20)17(27-30)19-23-5-6-24-19/h1-6,12,19,23-24H,7-11H2,(H2,22,25,26). The highest BCUT2D eigenvalue weighted by molar-refractivity contribution is 6.30. The first-order valence-corrected chi connectivity index (χ1v) is 10.4. The second kappa shape index (κ2) is 7.95. The van der Waals surface area contributed by atoms with Crippen molar-refractivity contribution in [1.29, 1.82) is 0 Å². The van der Waals surface area contributed by atoms with Gasteiger partial charge in [0, 0.05) is 49.3 Å². The second-order valence-electron chi connectivity index (χ2n) is 7.44. The second-order valence-corrected chi connectivity index (χ2v) is 7.88. The van der Waals surface area contributed by atoms with Gasteiger partial charge in [0.05, 0.1) is 5.39 Å². The molecule has 3 aromatic rings. The summed E-state index contributed by atoms with van der Waals surface area (Å²) < 4.78 is 1.61. The molecule has 0 spiro atoms. The SMILES string of the molecule is Nc1ncnc2c1c(C1NC=CN1)nn2CC(=O)N1CCN(c2ccc(Cl)cc2)CC1. The predicted molar refractivity (Wildman–Crippen MR) is 118 cm³/mol. The molecule has 4 heterocycles. The van der Waals surface area contributed by atoms with Crippen molar-refractivity contribution in [1.82, 2.24) is 35.3 Å². The number of aromatic nitrogens is 4. The molecule has 5 rings (SSSR count). The van der Waals surface area contributed by atoms with Crippen molar-refractivity contribution in [3.05, 3.63) is 53.7 Å². The van der Waals surface area contributed by atoms with Gasteiger partial charge in [0.2, 0.25) is 5.91 Å². The number of hydrogen-bond acceptors (Lipinski definition) is 8. The lowest BCUT2D eigenvalue weighted by Crippen LogP contribution is -2.49. The van der Waals surface area contributed by atoms with Gasteiger partial charge in [0.1, 0.15) is 30.5 Å². The third kappa shape index (κ3) is 3.70. The molecule has 0 bridgehead atoms. The summed E-state index contributed by atoms with van der Waals surface area (Å²) in [7, 11) is 0. The zero-order valence-corrected chi connectivity index (χ0v) is 17.5. The lowest BCUT2D eigenvalue weighted by molar-refractivity contribution is -0.132. The maximum Gasteiger partial charge on any atom is 0.244 e. The van der Waals surface area contributed by atoms with Crippen LogP contribution in [0, 0.1) is 0 Å². The Kier molecular flexibility index (Phi) is 4.99. The van der Waals surface area contributed by atoms with Crippen molar-refractivity contribution in [3.8, 4) is 0 Å². The van der Waals surface area contributed by atoms with Crippen molar-refractivity contribution in [3.63, 3.8) is 0 Å². The molecule has 1 aromatic carbocycles. The van der Waals surface area contributed by atoms with Gasteiger partial charge in [-0.15, -0.1) is 0 Å². The summed E-state index contributed by atoms with van der Waals surface area (Å²) in [5.74, 6) is 0.333. The van der Waals surface area contributed by atoms with E-state index in [2.05, 4.69) is 30.6 Å². The van der Waals surface area contributed by atoms with Crippen molar-refractivity contribution < 1.29 is 4.79 Å². The number of nitrogens with two attached hydrogens (primary N) is 1. The smallest absolute Gasteiger partial charge is 0.244 e. The molecule has 2 aliphatic rings. The Labute approximate surface area is 183 Å². The quantitative estimate of drug-likeness (QED) is 0.552. The summed E-state index contributed by atoms with van der Waals surface area (Å²) in [5.41, 5.74) is 8.42. The van der Waals surface area contributed by atoms with Gasteiger partial charge in [-0.25, -0.2) is 14.6 Å². The number of benzene rings is 1. The minimum Gasteiger partial charge on any atom is -0.383 e. The molecule has 1 saturated heterocycles. The van der Waals surface area contributed by atoms with Crippen LogP contribution in [-0.4, -0.2) is 56.7 Å². The first kappa shape index (κ1) is 19.4. The Morgan fingerprint density at radius 3 is 2.52 bits per heavy atom. The van der Waals surface area contributed by atoms with Crippen LogP contribution >= 0.6 is 11.6 Å². The average Bonchev–Trinajstić information content (AvgIpc) is 3.44. The van der Waals surface area contributed by atoms with Crippen LogP contribution in [0.25, 0.3) is 11.0 Å². The first-order valence-electron chi connectivity index (χ1n) is 10.0. The van der Waals surface area contributed by atoms with Gasteiger partial charge >= 0.3 is 0 Å². The summed E-state index contributed by atoms with van der Waals surface area (Å²) in [5, 5.41) is 12.3. The van der Waals surface area contributed by atoms with Crippen molar-refractivity contribution >= 4 is 40.0 Å². The monoisotopic (exact) mass is 439 g/mol. The molecular formula is C20H22ClN9O. The molecule has 0 radical (unpaired) electrons. The Morgan fingerprint density at radius 2 is 1.81 bits per heavy atom. The van der Waals surface area contributed by atoms with E-state index in [1.165, 1.54) is 6.33 Å². The molecular weight excluding hydrogens is 418 g/mol. The van der Waals surface area contributed by atoms with E-state index < -0.39 is 0 Å². The molecule has 2 aliphatic heterocycles. The number of carbonyl (C=O) groups excluding carboxylic acids is 1. The number of piperazine rings is 1. The van der Waals surface area contributed by atoms with E-state index in [1.807, 2.05) is 29.2 Å². The number of fused-ring (bicyclic) bond motifs is 1. The van der Waals surface area contributed by atoms with E-state index in [0.29, 0.717) is 40.7 Å². The molecule has 31 heavy (non-hydrogen) atoms. The lowest BCUT2D eigenvalue weighted by atomic mass is 10.2. The van der Waals surface area contributed by atoms with E-state index >= 15 is 0 Å². The fourth-order valence-corrected chi connectivity index (χ4v) is 4.09. The number of nitrogens with zero attached hydrogens (tertiary/aromatic N) is 6. The van der Waals surface area contributed by atoms with Crippen LogP contribution in [0.15, 0.2) is 43.0 Å². The number of nitrogen functional groups attached to an aromatic ring is 1. The first-order chi connectivity index (χ1) is 15.1. The number of halogens is 1. The van der Waals surface area contributed by atoms with Crippen LogP contribution in [0.4, 0.5) is 11.5 Å². The summed E-state index contributed by atoms with van der Waals surface area (Å²) >= 11 is 5.98. The van der Waals surface area contributed by atoms with Crippen molar-refractivity contribution in [2.45, 2.75) is 12.7 Å². The highest BCUT2D eigenvalue weighted by Gasteiger charge is 2.26. The zero-order valence-electron chi connectivity index (χ0n) is 16.7. The minimum atomic E-state index is -0.241. The number of hydrogen-bond donors (Lipinski definition) is 3. The van der Waals surface area contributed by atoms with Gasteiger partial charge in [-0.1, -0.05) is 11.6 Å². The molecule has 160 valence electrons. The summed E-state index contributed by atoms with van der Waals surface area (Å²) in [6.45, 7) is 2.89. The third-order valence-corrected chi connectivity index (χ3v) is 5.83. The lowest BCUT2D eigenvalue weighted by Gasteiger charge is -2.36. The minimum absolute atomic E-state index is 0.00523. The van der Waals surface area contributed by atoms with Crippen LogP contribution in [-0.2, 0) is 11.3 Å². The third-order valence-electron chi connectivity index (χ3n) is 5.58. The zero-order chi connectivity index (χ0) is 21.4. The maximum absolute atomic E-state index is 13.0. The number of nitrogens with one attached hydrogen (secondary N) is 2. The molecule has 0 saturated carbocycles. The largest absolute Gasteiger partial charge is 0.383 e. The van der Waals surface area contributed by atoms with Gasteiger partial charge < -0.3 is 26.2 Å². The van der Waals surface area contributed by atoms with Gasteiger partial charge in [0.25, 0.3) is 0 Å². The van der Waals surface area contributed by atoms with E-state index in [1.54, 1.807) is 17.1 Å². The Morgan fingerprint density at radius 1 is 1.10 bits per heavy atom. The molecule has 10 nitrogen and oxygen atoms in total. The van der Waals surface area contributed by atoms with Gasteiger partial charge in [-0.3, -0.25) is 4.79 Å². The normalized spacial score (nSPS) is 16.5.